The Morgan fingerprint density at radius 1 is 0.538 bits per heavy atom. The van der Waals surface area contributed by atoms with Crippen LogP contribution in [0.5, 0.6) is 0 Å². The minimum absolute atomic E-state index is 0.439. The van der Waals surface area contributed by atoms with E-state index < -0.39 is 64.9 Å². The molecule has 134 valence electrons. The van der Waals surface area contributed by atoms with Gasteiger partial charge < -0.3 is 11.5 Å². The minimum atomic E-state index is -0.997. The number of hydrogen-bond donors (Lipinski definition) is 2. The maximum Gasteiger partial charge on any atom is 0.299 e. The molecule has 0 aliphatic heterocycles. The van der Waals surface area contributed by atoms with Gasteiger partial charge in [-0.05, 0) is 12.1 Å². The van der Waals surface area contributed by atoms with Crippen LogP contribution in [0.3, 0.4) is 0 Å². The maximum absolute atomic E-state index is 11.3. The molecule has 2 aromatic carbocycles. The summed E-state index contributed by atoms with van der Waals surface area (Å²) in [5, 5.41) is 44.3. The SMILES string of the molecule is Nc1cc(-c2cc(N)c([N+](=O)[O-])cc2[N+](=O)[O-])c([N+](=O)[O-])cc1[N+](=O)[O-]. The number of hydrogen-bond acceptors (Lipinski definition) is 10. The van der Waals surface area contributed by atoms with Crippen LogP contribution in [0.15, 0.2) is 24.3 Å². The Morgan fingerprint density at radius 2 is 0.808 bits per heavy atom. The Kier molecular flexibility index (Phi) is 4.34. The summed E-state index contributed by atoms with van der Waals surface area (Å²) in [5.41, 5.74) is 5.93. The normalized spacial score (nSPS) is 10.3. The molecule has 0 unspecified atom stereocenters. The predicted octanol–water partition coefficient (Wildman–Crippen LogP) is 2.15. The van der Waals surface area contributed by atoms with Gasteiger partial charge in [-0.1, -0.05) is 0 Å². The second-order valence-corrected chi connectivity index (χ2v) is 4.88. The van der Waals surface area contributed by atoms with Crippen molar-refractivity contribution in [2.75, 3.05) is 11.5 Å². The Bertz CT molecular complexity index is 909. The number of benzene rings is 2. The zero-order chi connectivity index (χ0) is 19.8. The average molecular weight is 364 g/mol. The lowest BCUT2D eigenvalue weighted by molar-refractivity contribution is -0.394. The fraction of sp³-hybridized carbons (Fsp3) is 0. The van der Waals surface area contributed by atoms with Crippen LogP contribution in [-0.4, -0.2) is 19.7 Å². The lowest BCUT2D eigenvalue weighted by Crippen LogP contribution is -2.03. The van der Waals surface area contributed by atoms with Gasteiger partial charge in [0, 0.05) is 0 Å². The highest BCUT2D eigenvalue weighted by Crippen LogP contribution is 2.43. The monoisotopic (exact) mass is 364 g/mol. The van der Waals surface area contributed by atoms with Gasteiger partial charge in [0.15, 0.2) is 0 Å². The van der Waals surface area contributed by atoms with Crippen LogP contribution in [-0.2, 0) is 0 Å². The highest BCUT2D eigenvalue weighted by atomic mass is 16.6. The summed E-state index contributed by atoms with van der Waals surface area (Å²) in [6.07, 6.45) is 0. The molecule has 0 aliphatic rings. The first-order valence-electron chi connectivity index (χ1n) is 6.49. The topological polar surface area (TPSA) is 225 Å². The molecule has 0 saturated heterocycles. The van der Waals surface area contributed by atoms with Gasteiger partial charge >= 0.3 is 0 Å². The van der Waals surface area contributed by atoms with Crippen molar-refractivity contribution in [3.05, 3.63) is 64.7 Å². The zero-order valence-corrected chi connectivity index (χ0v) is 12.5. The first kappa shape index (κ1) is 18.0. The van der Waals surface area contributed by atoms with Crippen molar-refractivity contribution in [1.29, 1.82) is 0 Å². The molecule has 0 saturated carbocycles. The van der Waals surface area contributed by atoms with E-state index >= 15 is 0 Å². The first-order valence-corrected chi connectivity index (χ1v) is 6.49. The van der Waals surface area contributed by atoms with Gasteiger partial charge in [0.25, 0.3) is 22.7 Å². The van der Waals surface area contributed by atoms with Gasteiger partial charge in [-0.25, -0.2) is 0 Å². The second-order valence-electron chi connectivity index (χ2n) is 4.88. The van der Waals surface area contributed by atoms with Crippen LogP contribution < -0.4 is 11.5 Å². The van der Waals surface area contributed by atoms with Gasteiger partial charge in [0.1, 0.15) is 11.4 Å². The van der Waals surface area contributed by atoms with Crippen molar-refractivity contribution in [2.45, 2.75) is 0 Å². The number of anilines is 2. The van der Waals surface area contributed by atoms with Crippen LogP contribution in [0.2, 0.25) is 0 Å². The van der Waals surface area contributed by atoms with Crippen molar-refractivity contribution in [1.82, 2.24) is 0 Å². The molecule has 14 heteroatoms. The molecule has 2 rings (SSSR count). The van der Waals surface area contributed by atoms with Gasteiger partial charge in [0.05, 0.1) is 43.0 Å². The summed E-state index contributed by atoms with van der Waals surface area (Å²) in [7, 11) is 0. The Balaban J connectivity index is 2.91. The Labute approximate surface area is 142 Å². The first-order chi connectivity index (χ1) is 12.0. The van der Waals surface area contributed by atoms with Crippen molar-refractivity contribution in [2.24, 2.45) is 0 Å². The zero-order valence-electron chi connectivity index (χ0n) is 12.5. The van der Waals surface area contributed by atoms with E-state index in [4.69, 9.17) is 11.5 Å². The maximum atomic E-state index is 11.3. The van der Waals surface area contributed by atoms with E-state index in [1.807, 2.05) is 0 Å². The number of nitrogens with two attached hydrogens (primary N) is 2. The molecule has 0 atom stereocenters. The molecular weight excluding hydrogens is 356 g/mol. The summed E-state index contributed by atoms with van der Waals surface area (Å²) in [6, 6.07) is 2.71. The van der Waals surface area contributed by atoms with Crippen LogP contribution in [0, 0.1) is 40.5 Å². The fourth-order valence-electron chi connectivity index (χ4n) is 2.24. The molecule has 0 heterocycles. The molecule has 26 heavy (non-hydrogen) atoms. The molecule has 2 aromatic rings. The van der Waals surface area contributed by atoms with Crippen LogP contribution in [0.25, 0.3) is 11.1 Å². The van der Waals surface area contributed by atoms with Gasteiger partial charge in [0.2, 0.25) is 0 Å². The summed E-state index contributed by atoms with van der Waals surface area (Å²) in [6.45, 7) is 0. The van der Waals surface area contributed by atoms with Gasteiger partial charge in [-0.2, -0.15) is 0 Å². The van der Waals surface area contributed by atoms with E-state index in [0.717, 1.165) is 12.1 Å². The van der Waals surface area contributed by atoms with Crippen LogP contribution in [0.1, 0.15) is 0 Å². The van der Waals surface area contributed by atoms with Gasteiger partial charge in [-0.15, -0.1) is 0 Å². The lowest BCUT2D eigenvalue weighted by Gasteiger charge is -2.08. The molecule has 0 bridgehead atoms. The number of nitrogen functional groups attached to an aromatic ring is 2. The highest BCUT2D eigenvalue weighted by molar-refractivity contribution is 5.89. The number of nitrogens with zero attached hydrogens (tertiary/aromatic N) is 4. The molecule has 0 aromatic heterocycles. The van der Waals surface area contributed by atoms with E-state index in [9.17, 15) is 40.5 Å². The van der Waals surface area contributed by atoms with E-state index in [0.29, 0.717) is 12.1 Å². The molecule has 0 fully saturated rings. The summed E-state index contributed by atoms with van der Waals surface area (Å²) in [4.78, 5) is 40.4. The van der Waals surface area contributed by atoms with Crippen LogP contribution in [0.4, 0.5) is 34.1 Å². The molecule has 0 spiro atoms. The third-order valence-electron chi connectivity index (χ3n) is 3.37. The van der Waals surface area contributed by atoms with E-state index in [1.165, 1.54) is 0 Å². The summed E-state index contributed by atoms with van der Waals surface area (Å²) < 4.78 is 0. The minimum Gasteiger partial charge on any atom is -0.393 e. The van der Waals surface area contributed by atoms with Crippen molar-refractivity contribution in [3.63, 3.8) is 0 Å². The smallest absolute Gasteiger partial charge is 0.299 e. The molecule has 0 amide bonds. The third kappa shape index (κ3) is 3.01. The van der Waals surface area contributed by atoms with Crippen LogP contribution >= 0.6 is 0 Å². The largest absolute Gasteiger partial charge is 0.393 e. The number of rotatable bonds is 5. The lowest BCUT2D eigenvalue weighted by atomic mass is 9.99. The van der Waals surface area contributed by atoms with E-state index in [1.54, 1.807) is 0 Å². The third-order valence-corrected chi connectivity index (χ3v) is 3.37. The van der Waals surface area contributed by atoms with E-state index in [-0.39, 0.29) is 0 Å². The van der Waals surface area contributed by atoms with Crippen molar-refractivity contribution < 1.29 is 19.7 Å². The van der Waals surface area contributed by atoms with Gasteiger partial charge in [-0.3, -0.25) is 40.5 Å². The molecule has 4 N–H and O–H groups in total. The standard InChI is InChI=1S/C12H8N6O8/c13-7-1-5(9(15(19)20)3-11(7)17(23)24)6-2-8(14)12(18(25)26)4-10(6)16(21)22/h1-4H,13-14H2. The van der Waals surface area contributed by atoms with Crippen molar-refractivity contribution >= 4 is 34.1 Å². The molecule has 14 nitrogen and oxygen atoms in total. The summed E-state index contributed by atoms with van der Waals surface area (Å²) >= 11 is 0. The molecule has 0 radical (unpaired) electrons. The predicted molar refractivity (Wildman–Crippen MR) is 87.3 cm³/mol. The molecular formula is C12H8N6O8. The number of nitro benzene ring substituents is 4. The Hall–Kier alpha value is -4.36. The summed E-state index contributed by atoms with van der Waals surface area (Å²) in [5.74, 6) is 0. The van der Waals surface area contributed by atoms with E-state index in [2.05, 4.69) is 0 Å². The molecule has 0 aliphatic carbocycles. The number of nitro groups is 4. The highest BCUT2D eigenvalue weighted by Gasteiger charge is 2.31. The second kappa shape index (κ2) is 6.27. The fourth-order valence-corrected chi connectivity index (χ4v) is 2.24. The average Bonchev–Trinajstić information content (AvgIpc) is 2.52. The quantitative estimate of drug-likeness (QED) is 0.446. The van der Waals surface area contributed by atoms with Crippen molar-refractivity contribution in [3.8, 4) is 11.1 Å². The Morgan fingerprint density at radius 3 is 1.04 bits per heavy atom.